The van der Waals surface area contributed by atoms with E-state index in [1.807, 2.05) is 0 Å². The highest BCUT2D eigenvalue weighted by Crippen LogP contribution is 2.11. The van der Waals surface area contributed by atoms with E-state index in [1.165, 1.54) is 25.2 Å². The van der Waals surface area contributed by atoms with Gasteiger partial charge in [0.25, 0.3) is 5.56 Å². The minimum atomic E-state index is -0.412. The number of nitrogens with zero attached hydrogens (tertiary/aromatic N) is 3. The van der Waals surface area contributed by atoms with Gasteiger partial charge in [-0.25, -0.2) is 9.48 Å². The fourth-order valence-electron chi connectivity index (χ4n) is 2.16. The molecule has 1 aromatic heterocycles. The summed E-state index contributed by atoms with van der Waals surface area (Å²) in [6.45, 7) is 2.82. The van der Waals surface area contributed by atoms with Gasteiger partial charge in [0.1, 0.15) is 0 Å². The molecule has 7 nitrogen and oxygen atoms in total. The zero-order valence-electron chi connectivity index (χ0n) is 10.8. The van der Waals surface area contributed by atoms with Gasteiger partial charge in [-0.15, -0.1) is 5.10 Å². The van der Waals surface area contributed by atoms with Crippen LogP contribution in [0.25, 0.3) is 0 Å². The Bertz CT molecular complexity index is 527. The number of anilines is 1. The van der Waals surface area contributed by atoms with E-state index in [-0.39, 0.29) is 11.4 Å². The molecule has 0 aromatic carbocycles. The van der Waals surface area contributed by atoms with E-state index in [0.717, 1.165) is 24.1 Å². The molecule has 0 aliphatic carbocycles. The zero-order chi connectivity index (χ0) is 13.1. The van der Waals surface area contributed by atoms with E-state index in [9.17, 15) is 9.59 Å². The standard InChI is InChI=1S/C11H19N5O2/c1-15-10(17)9(14-16(2)11(15)18)13-6-4-8-3-5-12-7-8/h8,12H,3-7H2,1-2H3,(H,13,14). The van der Waals surface area contributed by atoms with Crippen molar-refractivity contribution in [3.63, 3.8) is 0 Å². The van der Waals surface area contributed by atoms with E-state index in [2.05, 4.69) is 15.7 Å². The largest absolute Gasteiger partial charge is 0.364 e. The second-order valence-electron chi connectivity index (χ2n) is 4.69. The first-order valence-corrected chi connectivity index (χ1v) is 6.18. The zero-order valence-corrected chi connectivity index (χ0v) is 10.8. The second kappa shape index (κ2) is 5.34. The molecule has 0 spiro atoms. The van der Waals surface area contributed by atoms with Crippen LogP contribution in [0.5, 0.6) is 0 Å². The van der Waals surface area contributed by atoms with E-state index >= 15 is 0 Å². The number of hydrogen-bond donors (Lipinski definition) is 2. The summed E-state index contributed by atoms with van der Waals surface area (Å²) in [6.07, 6.45) is 2.18. The predicted octanol–water partition coefficient (Wildman–Crippen LogP) is -1.11. The van der Waals surface area contributed by atoms with Gasteiger partial charge in [0.05, 0.1) is 0 Å². The maximum Gasteiger partial charge on any atom is 0.346 e. The molecule has 1 unspecified atom stereocenters. The monoisotopic (exact) mass is 253 g/mol. The number of aromatic nitrogens is 3. The molecule has 0 amide bonds. The molecular formula is C11H19N5O2. The van der Waals surface area contributed by atoms with E-state index in [0.29, 0.717) is 12.5 Å². The third-order valence-corrected chi connectivity index (χ3v) is 3.33. The lowest BCUT2D eigenvalue weighted by atomic mass is 10.1. The van der Waals surface area contributed by atoms with Crippen LogP contribution in [0.3, 0.4) is 0 Å². The Labute approximate surface area is 105 Å². The van der Waals surface area contributed by atoms with Crippen molar-refractivity contribution < 1.29 is 0 Å². The molecule has 0 radical (unpaired) electrons. The number of hydrogen-bond acceptors (Lipinski definition) is 5. The fourth-order valence-corrected chi connectivity index (χ4v) is 2.16. The first-order valence-electron chi connectivity index (χ1n) is 6.18. The summed E-state index contributed by atoms with van der Waals surface area (Å²) >= 11 is 0. The first-order chi connectivity index (χ1) is 8.59. The van der Waals surface area contributed by atoms with Crippen LogP contribution in [-0.4, -0.2) is 34.0 Å². The summed E-state index contributed by atoms with van der Waals surface area (Å²) in [7, 11) is 2.99. The summed E-state index contributed by atoms with van der Waals surface area (Å²) in [5.41, 5.74) is -0.784. The lowest BCUT2D eigenvalue weighted by molar-refractivity contribution is 0.545. The summed E-state index contributed by atoms with van der Waals surface area (Å²) in [5, 5.41) is 10.3. The minimum absolute atomic E-state index is 0.241. The normalized spacial score (nSPS) is 19.1. The second-order valence-corrected chi connectivity index (χ2v) is 4.69. The lowest BCUT2D eigenvalue weighted by Crippen LogP contribution is -2.40. The molecule has 0 saturated carbocycles. The number of nitrogens with one attached hydrogen (secondary N) is 2. The Balaban J connectivity index is 2.01. The SMILES string of the molecule is Cn1nc(NCCC2CCNC2)c(=O)n(C)c1=O. The van der Waals surface area contributed by atoms with Crippen molar-refractivity contribution in [2.45, 2.75) is 12.8 Å². The van der Waals surface area contributed by atoms with Crippen LogP contribution in [0.1, 0.15) is 12.8 Å². The quantitative estimate of drug-likeness (QED) is 0.711. The molecule has 1 aliphatic heterocycles. The Morgan fingerprint density at radius 2 is 2.22 bits per heavy atom. The lowest BCUT2D eigenvalue weighted by Gasteiger charge is -2.10. The van der Waals surface area contributed by atoms with Crippen LogP contribution >= 0.6 is 0 Å². The van der Waals surface area contributed by atoms with Crippen LogP contribution in [0.4, 0.5) is 5.82 Å². The minimum Gasteiger partial charge on any atom is -0.364 e. The summed E-state index contributed by atoms with van der Waals surface area (Å²) in [4.78, 5) is 23.2. The van der Waals surface area contributed by atoms with Gasteiger partial charge in [-0.3, -0.25) is 9.36 Å². The first kappa shape index (κ1) is 12.8. The molecule has 2 heterocycles. The van der Waals surface area contributed by atoms with Crippen LogP contribution in [0, 0.1) is 5.92 Å². The average Bonchev–Trinajstić information content (AvgIpc) is 2.86. The molecule has 7 heteroatoms. The fraction of sp³-hybridized carbons (Fsp3) is 0.727. The van der Waals surface area contributed by atoms with Crippen LogP contribution in [0.2, 0.25) is 0 Å². The Morgan fingerprint density at radius 1 is 1.44 bits per heavy atom. The van der Waals surface area contributed by atoms with Crippen molar-refractivity contribution in [1.29, 1.82) is 0 Å². The predicted molar refractivity (Wildman–Crippen MR) is 68.8 cm³/mol. The molecule has 18 heavy (non-hydrogen) atoms. The van der Waals surface area contributed by atoms with Gasteiger partial charge in [-0.1, -0.05) is 0 Å². The van der Waals surface area contributed by atoms with Crippen molar-refractivity contribution in [2.24, 2.45) is 20.0 Å². The highest BCUT2D eigenvalue weighted by Gasteiger charge is 2.14. The van der Waals surface area contributed by atoms with Crippen molar-refractivity contribution in [3.05, 3.63) is 20.8 Å². The van der Waals surface area contributed by atoms with E-state index in [1.54, 1.807) is 0 Å². The van der Waals surface area contributed by atoms with Gasteiger partial charge in [0.2, 0.25) is 5.82 Å². The van der Waals surface area contributed by atoms with Gasteiger partial charge < -0.3 is 10.6 Å². The molecule has 0 bridgehead atoms. The molecule has 1 atom stereocenters. The van der Waals surface area contributed by atoms with Crippen LogP contribution in [-0.2, 0) is 14.1 Å². The van der Waals surface area contributed by atoms with Crippen molar-refractivity contribution in [3.8, 4) is 0 Å². The highest BCUT2D eigenvalue weighted by molar-refractivity contribution is 5.29. The van der Waals surface area contributed by atoms with Gasteiger partial charge in [-0.05, 0) is 31.8 Å². The maximum absolute atomic E-state index is 11.8. The third-order valence-electron chi connectivity index (χ3n) is 3.33. The van der Waals surface area contributed by atoms with Gasteiger partial charge >= 0.3 is 5.69 Å². The summed E-state index contributed by atoms with van der Waals surface area (Å²) < 4.78 is 2.23. The molecule has 100 valence electrons. The summed E-state index contributed by atoms with van der Waals surface area (Å²) in [5.74, 6) is 0.902. The van der Waals surface area contributed by atoms with E-state index < -0.39 is 5.69 Å². The van der Waals surface area contributed by atoms with Gasteiger partial charge in [0.15, 0.2) is 0 Å². The Hall–Kier alpha value is -1.63. The molecular weight excluding hydrogens is 234 g/mol. The molecule has 1 saturated heterocycles. The smallest absolute Gasteiger partial charge is 0.346 e. The Morgan fingerprint density at radius 3 is 2.89 bits per heavy atom. The molecule has 1 aromatic rings. The molecule has 2 rings (SSSR count). The van der Waals surface area contributed by atoms with Crippen molar-refractivity contribution >= 4 is 5.82 Å². The highest BCUT2D eigenvalue weighted by atomic mass is 16.2. The summed E-state index contributed by atoms with van der Waals surface area (Å²) in [6, 6.07) is 0. The van der Waals surface area contributed by atoms with Crippen LogP contribution in [0.15, 0.2) is 9.59 Å². The van der Waals surface area contributed by atoms with Crippen molar-refractivity contribution in [2.75, 3.05) is 25.0 Å². The average molecular weight is 253 g/mol. The third kappa shape index (κ3) is 2.61. The maximum atomic E-state index is 11.8. The molecule has 1 aliphatic rings. The number of rotatable bonds is 4. The molecule has 2 N–H and O–H groups in total. The van der Waals surface area contributed by atoms with Gasteiger partial charge in [-0.2, -0.15) is 0 Å². The number of aryl methyl sites for hydroxylation is 1. The van der Waals surface area contributed by atoms with Gasteiger partial charge in [0, 0.05) is 20.6 Å². The topological polar surface area (TPSA) is 81.0 Å². The van der Waals surface area contributed by atoms with Crippen LogP contribution < -0.4 is 21.9 Å². The molecule has 1 fully saturated rings. The van der Waals surface area contributed by atoms with Crippen molar-refractivity contribution in [1.82, 2.24) is 19.7 Å². The Kier molecular flexibility index (Phi) is 3.81. The van der Waals surface area contributed by atoms with E-state index in [4.69, 9.17) is 0 Å².